The minimum absolute atomic E-state index is 0.00735. The normalized spacial score (nSPS) is 19.6. The summed E-state index contributed by atoms with van der Waals surface area (Å²) in [7, 11) is 0. The van der Waals surface area contributed by atoms with E-state index < -0.39 is 17.4 Å². The number of likely N-dealkylation sites (tertiary alicyclic amines) is 1. The third kappa shape index (κ3) is 4.66. The maximum atomic E-state index is 12.3. The second kappa shape index (κ2) is 8.09. The van der Waals surface area contributed by atoms with Gasteiger partial charge in [0.2, 0.25) is 0 Å². The minimum atomic E-state index is -0.892. The molecule has 2 aliphatic rings. The van der Waals surface area contributed by atoms with Gasteiger partial charge in [0.25, 0.3) is 11.8 Å². The number of nitrogens with zero attached hydrogens (tertiary/aromatic N) is 2. The maximum absolute atomic E-state index is 12.3. The van der Waals surface area contributed by atoms with Crippen molar-refractivity contribution in [2.45, 2.75) is 38.1 Å². The summed E-state index contributed by atoms with van der Waals surface area (Å²) in [5, 5.41) is 13.8. The van der Waals surface area contributed by atoms with Crippen LogP contribution in [0.4, 0.5) is 0 Å². The minimum Gasteiger partial charge on any atom is -0.455 e. The first kappa shape index (κ1) is 19.4. The van der Waals surface area contributed by atoms with Crippen LogP contribution in [0.15, 0.2) is 17.5 Å². The fraction of sp³-hybridized carbons (Fsp3) is 0.579. The van der Waals surface area contributed by atoms with E-state index in [1.807, 2.05) is 11.4 Å². The molecule has 1 saturated carbocycles. The number of esters is 1. The van der Waals surface area contributed by atoms with E-state index >= 15 is 0 Å². The first-order valence-corrected chi connectivity index (χ1v) is 10.0. The number of hydrogen-bond donors (Lipinski definition) is 1. The summed E-state index contributed by atoms with van der Waals surface area (Å²) < 4.78 is 5.14. The van der Waals surface area contributed by atoms with Gasteiger partial charge in [-0.25, -0.2) is 0 Å². The van der Waals surface area contributed by atoms with E-state index in [9.17, 15) is 19.6 Å². The molecule has 2 heterocycles. The van der Waals surface area contributed by atoms with Crippen LogP contribution < -0.4 is 5.32 Å². The molecule has 0 bridgehead atoms. The lowest BCUT2D eigenvalue weighted by atomic mass is 9.97. The number of nitriles is 1. The van der Waals surface area contributed by atoms with Gasteiger partial charge in [-0.1, -0.05) is 6.07 Å². The molecule has 1 aliphatic heterocycles. The Hall–Kier alpha value is -2.40. The van der Waals surface area contributed by atoms with Gasteiger partial charge in [-0.05, 0) is 50.0 Å². The number of piperidine rings is 1. The van der Waals surface area contributed by atoms with Crippen LogP contribution in [0.25, 0.3) is 0 Å². The van der Waals surface area contributed by atoms with E-state index in [1.54, 1.807) is 17.9 Å². The largest absolute Gasteiger partial charge is 0.455 e. The second-order valence-electron chi connectivity index (χ2n) is 7.29. The first-order chi connectivity index (χ1) is 12.9. The molecule has 3 rings (SSSR count). The zero-order chi connectivity index (χ0) is 19.4. The first-order valence-electron chi connectivity index (χ1n) is 9.14. The van der Waals surface area contributed by atoms with Crippen LogP contribution in [0.2, 0.25) is 0 Å². The quantitative estimate of drug-likeness (QED) is 0.750. The molecule has 8 heteroatoms. The molecule has 1 aromatic rings. The molecule has 144 valence electrons. The summed E-state index contributed by atoms with van der Waals surface area (Å²) in [6, 6.07) is 5.78. The number of carbonyl (C=O) groups is 3. The Morgan fingerprint density at radius 2 is 2.04 bits per heavy atom. The van der Waals surface area contributed by atoms with Gasteiger partial charge in [-0.15, -0.1) is 11.3 Å². The number of carbonyl (C=O) groups excluding carboxylic acids is 3. The Morgan fingerprint density at radius 3 is 2.59 bits per heavy atom. The standard InChI is InChI=1S/C19H23N3O4S/c1-19(12-20,14-4-5-14)21-16(23)11-26-18(25)13-6-8-22(9-7-13)17(24)15-3-2-10-27-15/h2-3,10,13-14H,4-9,11H2,1H3,(H,21,23)/t19-/m0/s1. The van der Waals surface area contributed by atoms with E-state index in [-0.39, 0.29) is 24.3 Å². The van der Waals surface area contributed by atoms with Gasteiger partial charge in [-0.2, -0.15) is 5.26 Å². The van der Waals surface area contributed by atoms with Crippen LogP contribution in [0.3, 0.4) is 0 Å². The Labute approximate surface area is 162 Å². The van der Waals surface area contributed by atoms with Gasteiger partial charge in [0.1, 0.15) is 5.54 Å². The van der Waals surface area contributed by atoms with Gasteiger partial charge in [0, 0.05) is 13.1 Å². The number of rotatable bonds is 6. The highest BCUT2D eigenvalue weighted by atomic mass is 32.1. The predicted octanol–water partition coefficient (Wildman–Crippen LogP) is 1.95. The van der Waals surface area contributed by atoms with Crippen LogP contribution in [0, 0.1) is 23.2 Å². The van der Waals surface area contributed by atoms with Crippen molar-refractivity contribution in [2.75, 3.05) is 19.7 Å². The van der Waals surface area contributed by atoms with Crippen molar-refractivity contribution in [1.29, 1.82) is 5.26 Å². The van der Waals surface area contributed by atoms with E-state index in [1.165, 1.54) is 11.3 Å². The SMILES string of the molecule is C[C@@](C#N)(NC(=O)COC(=O)C1CCN(C(=O)c2cccs2)CC1)C1CC1. The molecular formula is C19H23N3O4S. The Bertz CT molecular complexity index is 746. The average Bonchev–Trinajstić information content (AvgIpc) is 3.41. The van der Waals surface area contributed by atoms with Crippen molar-refractivity contribution in [3.05, 3.63) is 22.4 Å². The molecular weight excluding hydrogens is 366 g/mol. The van der Waals surface area contributed by atoms with Gasteiger partial charge < -0.3 is 15.0 Å². The lowest BCUT2D eigenvalue weighted by Crippen LogP contribution is -2.48. The number of ether oxygens (including phenoxy) is 1. The summed E-state index contributed by atoms with van der Waals surface area (Å²) >= 11 is 1.41. The fourth-order valence-electron chi connectivity index (χ4n) is 3.34. The summed E-state index contributed by atoms with van der Waals surface area (Å²) in [6.45, 7) is 2.32. The predicted molar refractivity (Wildman–Crippen MR) is 98.8 cm³/mol. The molecule has 1 atom stereocenters. The van der Waals surface area contributed by atoms with E-state index in [0.29, 0.717) is 30.8 Å². The monoisotopic (exact) mass is 389 g/mol. The molecule has 1 aromatic heterocycles. The third-order valence-electron chi connectivity index (χ3n) is 5.22. The molecule has 27 heavy (non-hydrogen) atoms. The van der Waals surface area contributed by atoms with Gasteiger partial charge in [0.05, 0.1) is 16.9 Å². The average molecular weight is 389 g/mol. The highest BCUT2D eigenvalue weighted by Crippen LogP contribution is 2.39. The second-order valence-corrected chi connectivity index (χ2v) is 8.24. The molecule has 2 fully saturated rings. The fourth-order valence-corrected chi connectivity index (χ4v) is 4.03. The highest BCUT2D eigenvalue weighted by Gasteiger charge is 2.43. The number of hydrogen-bond acceptors (Lipinski definition) is 6. The maximum Gasteiger partial charge on any atom is 0.309 e. The highest BCUT2D eigenvalue weighted by molar-refractivity contribution is 7.12. The lowest BCUT2D eigenvalue weighted by molar-refractivity contribution is -0.154. The smallest absolute Gasteiger partial charge is 0.309 e. The zero-order valence-corrected chi connectivity index (χ0v) is 16.1. The number of thiophene rings is 1. The molecule has 0 aromatic carbocycles. The summed E-state index contributed by atoms with van der Waals surface area (Å²) in [5.41, 5.74) is -0.892. The van der Waals surface area contributed by atoms with Crippen molar-refractivity contribution in [3.63, 3.8) is 0 Å². The Morgan fingerprint density at radius 1 is 1.33 bits per heavy atom. The Balaban J connectivity index is 1.41. The van der Waals surface area contributed by atoms with Crippen molar-refractivity contribution < 1.29 is 19.1 Å². The summed E-state index contributed by atoms with van der Waals surface area (Å²) in [4.78, 5) is 39.0. The summed E-state index contributed by atoms with van der Waals surface area (Å²) in [5.74, 6) is -1.02. The molecule has 7 nitrogen and oxygen atoms in total. The van der Waals surface area contributed by atoms with Gasteiger partial charge in [-0.3, -0.25) is 14.4 Å². The van der Waals surface area contributed by atoms with Crippen molar-refractivity contribution in [3.8, 4) is 6.07 Å². The lowest BCUT2D eigenvalue weighted by Gasteiger charge is -2.30. The molecule has 1 N–H and O–H groups in total. The van der Waals surface area contributed by atoms with Crippen molar-refractivity contribution in [2.24, 2.45) is 11.8 Å². The number of amides is 2. The van der Waals surface area contributed by atoms with Crippen molar-refractivity contribution >= 4 is 29.1 Å². The molecule has 1 saturated heterocycles. The van der Waals surface area contributed by atoms with Crippen molar-refractivity contribution in [1.82, 2.24) is 10.2 Å². The third-order valence-corrected chi connectivity index (χ3v) is 6.08. The molecule has 0 radical (unpaired) electrons. The van der Waals surface area contributed by atoms with Crippen LogP contribution in [0.1, 0.15) is 42.3 Å². The van der Waals surface area contributed by atoms with Crippen LogP contribution in [-0.2, 0) is 14.3 Å². The van der Waals surface area contributed by atoms with Crippen LogP contribution in [-0.4, -0.2) is 47.9 Å². The van der Waals surface area contributed by atoms with Gasteiger partial charge in [0.15, 0.2) is 6.61 Å². The summed E-state index contributed by atoms with van der Waals surface area (Å²) in [6.07, 6.45) is 2.89. The topological polar surface area (TPSA) is 99.5 Å². The van der Waals surface area contributed by atoms with Crippen LogP contribution in [0.5, 0.6) is 0 Å². The molecule has 0 spiro atoms. The van der Waals surface area contributed by atoms with E-state index in [4.69, 9.17) is 4.74 Å². The molecule has 1 aliphatic carbocycles. The molecule has 0 unspecified atom stereocenters. The van der Waals surface area contributed by atoms with Gasteiger partial charge >= 0.3 is 5.97 Å². The molecule has 2 amide bonds. The number of nitrogens with one attached hydrogen (secondary N) is 1. The van der Waals surface area contributed by atoms with Crippen LogP contribution >= 0.6 is 11.3 Å². The Kier molecular flexibility index (Phi) is 5.80. The van der Waals surface area contributed by atoms with E-state index in [2.05, 4.69) is 11.4 Å². The van der Waals surface area contributed by atoms with E-state index in [0.717, 1.165) is 12.8 Å². The zero-order valence-electron chi connectivity index (χ0n) is 15.3.